The monoisotopic (exact) mass is 1200 g/mol. The number of aromatic nitrogens is 1. The van der Waals surface area contributed by atoms with E-state index in [4.69, 9.17) is 0 Å². The number of anilines is 9. The molecule has 0 fully saturated rings. The van der Waals surface area contributed by atoms with Crippen LogP contribution in [0.2, 0.25) is 0 Å². The second kappa shape index (κ2) is 21.4. The molecule has 11 aromatic carbocycles. The Hall–Kier alpha value is -9.36. The maximum Gasteiger partial charge on any atom is 0.252 e. The Morgan fingerprint density at radius 2 is 0.901 bits per heavy atom. The van der Waals surface area contributed by atoms with Crippen molar-refractivity contribution in [1.82, 2.24) is 4.57 Å². The maximum absolute atomic E-state index is 2.62. The molecule has 4 nitrogen and oxygen atoms in total. The van der Waals surface area contributed by atoms with Crippen molar-refractivity contribution < 1.29 is 0 Å². The molecule has 0 saturated heterocycles. The molecule has 0 aliphatic carbocycles. The van der Waals surface area contributed by atoms with Crippen LogP contribution < -0.4 is 31.1 Å². The van der Waals surface area contributed by atoms with Gasteiger partial charge in [-0.25, -0.2) is 0 Å². The fraction of sp³-hybridized carbons (Fsp3) is 0.200. The topological polar surface area (TPSA) is 14.7 Å². The molecule has 2 aromatic heterocycles. The number of hydrogen-bond donors (Lipinski definition) is 0. The van der Waals surface area contributed by atoms with Crippen LogP contribution >= 0.6 is 11.3 Å². The molecule has 91 heavy (non-hydrogen) atoms. The lowest BCUT2D eigenvalue weighted by Crippen LogP contribution is -2.61. The van der Waals surface area contributed by atoms with Gasteiger partial charge in [0, 0.05) is 82.5 Å². The standard InChI is InChI=1S/C85H79BN4S/c1-52-43-75-80-76(44-52)90(65-47-53(2)78(54(3)48-65)82-79(57-25-17-15-18-26-57)68-30-22-24-32-77(68)91-82)73-49-59(84(9,10)11)35-41-69(73)86(80)70-42-39-64(51-74(70)89(75)62-36-33-58(34-37-62)83(6,7)8)87(81-55(4)45-60(46-56(81)5)85(12,13)14)63-38-40-67-66-29-21-23-31-71(66)88(72(67)50-63)61-27-19-16-20-28-61/h15-51H,1-14H3. The smallest absolute Gasteiger partial charge is 0.252 e. The van der Waals surface area contributed by atoms with Crippen LogP contribution in [0.3, 0.4) is 0 Å². The second-order valence-corrected chi connectivity index (χ2v) is 30.0. The summed E-state index contributed by atoms with van der Waals surface area (Å²) in [6, 6.07) is 85.8. The summed E-state index contributed by atoms with van der Waals surface area (Å²) in [5.74, 6) is 0. The Morgan fingerprint density at radius 1 is 0.374 bits per heavy atom. The lowest BCUT2D eigenvalue weighted by Gasteiger charge is -2.45. The molecule has 0 spiro atoms. The van der Waals surface area contributed by atoms with Gasteiger partial charge in [-0.3, -0.25) is 0 Å². The quantitative estimate of drug-likeness (QED) is 0.141. The van der Waals surface area contributed by atoms with Gasteiger partial charge in [0.2, 0.25) is 0 Å². The Labute approximate surface area is 542 Å². The van der Waals surface area contributed by atoms with Gasteiger partial charge in [-0.2, -0.15) is 0 Å². The van der Waals surface area contributed by atoms with E-state index in [1.165, 1.54) is 148 Å². The Kier molecular flexibility index (Phi) is 13.6. The molecule has 0 bridgehead atoms. The van der Waals surface area contributed by atoms with Crippen molar-refractivity contribution in [3.63, 3.8) is 0 Å². The van der Waals surface area contributed by atoms with Crippen LogP contribution in [-0.4, -0.2) is 11.3 Å². The molecule has 13 aromatic rings. The van der Waals surface area contributed by atoms with Crippen molar-refractivity contribution in [3.8, 4) is 27.3 Å². The summed E-state index contributed by atoms with van der Waals surface area (Å²) in [5.41, 5.74) is 31.8. The number of para-hydroxylation sites is 2. The van der Waals surface area contributed by atoms with E-state index in [1.54, 1.807) is 0 Å². The average Bonchev–Trinajstić information content (AvgIpc) is 1.45. The van der Waals surface area contributed by atoms with Crippen molar-refractivity contribution in [2.75, 3.05) is 14.7 Å². The summed E-state index contributed by atoms with van der Waals surface area (Å²) < 4.78 is 3.75. The van der Waals surface area contributed by atoms with Gasteiger partial charge in [-0.1, -0.05) is 196 Å². The van der Waals surface area contributed by atoms with E-state index >= 15 is 0 Å². The van der Waals surface area contributed by atoms with Crippen LogP contribution in [0.5, 0.6) is 0 Å². The summed E-state index contributed by atoms with van der Waals surface area (Å²) in [7, 11) is 0. The third kappa shape index (κ3) is 9.63. The van der Waals surface area contributed by atoms with Gasteiger partial charge < -0.3 is 19.3 Å². The summed E-state index contributed by atoms with van der Waals surface area (Å²) in [6.07, 6.45) is 0. The highest BCUT2D eigenvalue weighted by atomic mass is 32.1. The fourth-order valence-electron chi connectivity index (χ4n) is 15.0. The highest BCUT2D eigenvalue weighted by Gasteiger charge is 2.45. The van der Waals surface area contributed by atoms with Crippen molar-refractivity contribution >= 4 is 118 Å². The molecule has 15 rings (SSSR count). The molecule has 0 saturated carbocycles. The molecule has 0 radical (unpaired) electrons. The number of hydrogen-bond acceptors (Lipinski definition) is 4. The molecule has 0 amide bonds. The number of aryl methyl sites for hydroxylation is 5. The summed E-state index contributed by atoms with van der Waals surface area (Å²) in [4.78, 5) is 9.11. The Balaban J connectivity index is 0.978. The number of nitrogens with zero attached hydrogens (tertiary/aromatic N) is 4. The number of fused-ring (bicyclic) bond motifs is 8. The van der Waals surface area contributed by atoms with Gasteiger partial charge in [0.25, 0.3) is 6.71 Å². The van der Waals surface area contributed by atoms with Gasteiger partial charge in [-0.05, 0) is 214 Å². The molecule has 6 heteroatoms. The zero-order valence-corrected chi connectivity index (χ0v) is 56.0. The first-order valence-corrected chi connectivity index (χ1v) is 33.2. The summed E-state index contributed by atoms with van der Waals surface area (Å²) >= 11 is 1.91. The Morgan fingerprint density at radius 3 is 1.55 bits per heavy atom. The third-order valence-electron chi connectivity index (χ3n) is 19.5. The molecule has 0 N–H and O–H groups in total. The molecular formula is C85H79BN4S. The van der Waals surface area contributed by atoms with Crippen molar-refractivity contribution in [2.45, 2.75) is 113 Å². The fourth-order valence-corrected chi connectivity index (χ4v) is 16.4. The van der Waals surface area contributed by atoms with Gasteiger partial charge >= 0.3 is 0 Å². The molecule has 0 unspecified atom stereocenters. The normalized spacial score (nSPS) is 13.1. The first-order valence-electron chi connectivity index (χ1n) is 32.4. The lowest BCUT2D eigenvalue weighted by molar-refractivity contribution is 0.589. The predicted molar refractivity (Wildman–Crippen MR) is 396 cm³/mol. The van der Waals surface area contributed by atoms with Gasteiger partial charge in [0.15, 0.2) is 0 Å². The minimum Gasteiger partial charge on any atom is -0.311 e. The van der Waals surface area contributed by atoms with Gasteiger partial charge in [0.05, 0.1) is 16.7 Å². The van der Waals surface area contributed by atoms with Gasteiger partial charge in [0.1, 0.15) is 0 Å². The van der Waals surface area contributed by atoms with Gasteiger partial charge in [-0.15, -0.1) is 11.3 Å². The zero-order chi connectivity index (χ0) is 63.2. The van der Waals surface area contributed by atoms with Crippen LogP contribution in [-0.2, 0) is 16.2 Å². The van der Waals surface area contributed by atoms with Crippen LogP contribution in [0, 0.1) is 34.6 Å². The first kappa shape index (κ1) is 58.0. The van der Waals surface area contributed by atoms with Crippen LogP contribution in [0.25, 0.3) is 59.1 Å². The second-order valence-electron chi connectivity index (χ2n) is 28.9. The van der Waals surface area contributed by atoms with E-state index in [2.05, 4.69) is 341 Å². The van der Waals surface area contributed by atoms with E-state index in [-0.39, 0.29) is 23.0 Å². The molecule has 2 aliphatic rings. The van der Waals surface area contributed by atoms with Crippen LogP contribution in [0.1, 0.15) is 107 Å². The number of benzene rings is 11. The van der Waals surface area contributed by atoms with Crippen LogP contribution in [0.15, 0.2) is 224 Å². The SMILES string of the molecule is Cc1cc2c3c(c1)N(c1cc(C)c(-c4sc5ccccc5c4-c4ccccc4)c(C)c1)c1cc(C(C)(C)C)ccc1B3c1ccc(N(c3ccc4c5ccccc5n(-c5ccccc5)c4c3)c3c(C)cc(C(C)(C)C)cc3C)cc1N2c1ccc(C(C)(C)C)cc1. The highest BCUT2D eigenvalue weighted by Crippen LogP contribution is 2.52. The van der Waals surface area contributed by atoms with E-state index in [1.807, 2.05) is 11.3 Å². The average molecular weight is 1200 g/mol. The van der Waals surface area contributed by atoms with Crippen molar-refractivity contribution in [1.29, 1.82) is 0 Å². The lowest BCUT2D eigenvalue weighted by atomic mass is 9.33. The van der Waals surface area contributed by atoms with Crippen LogP contribution in [0.4, 0.5) is 51.2 Å². The Bertz CT molecular complexity index is 5020. The minimum absolute atomic E-state index is 0.0206. The maximum atomic E-state index is 2.62. The van der Waals surface area contributed by atoms with E-state index in [0.29, 0.717) is 0 Å². The third-order valence-corrected chi connectivity index (χ3v) is 20.7. The predicted octanol–water partition coefficient (Wildman–Crippen LogP) is 22.3. The van der Waals surface area contributed by atoms with Crippen molar-refractivity contribution in [2.24, 2.45) is 0 Å². The first-order chi connectivity index (χ1) is 43.6. The zero-order valence-electron chi connectivity index (χ0n) is 55.1. The van der Waals surface area contributed by atoms with E-state index in [9.17, 15) is 0 Å². The molecule has 4 heterocycles. The highest BCUT2D eigenvalue weighted by molar-refractivity contribution is 7.23. The number of rotatable bonds is 8. The largest absolute Gasteiger partial charge is 0.311 e. The number of thiophene rings is 1. The van der Waals surface area contributed by atoms with E-state index < -0.39 is 0 Å². The minimum atomic E-state index is -0.0951. The summed E-state index contributed by atoms with van der Waals surface area (Å²) in [5, 5.41) is 3.77. The molecule has 2 aliphatic heterocycles. The molecule has 0 atom stereocenters. The van der Waals surface area contributed by atoms with E-state index in [0.717, 1.165) is 22.7 Å². The molecular weight excluding hydrogens is 1120 g/mol. The van der Waals surface area contributed by atoms with Crippen molar-refractivity contribution in [3.05, 3.63) is 269 Å². The molecule has 448 valence electrons. The summed E-state index contributed by atoms with van der Waals surface area (Å²) in [6.45, 7) is 32.5.